The highest BCUT2D eigenvalue weighted by atomic mass is 35.5. The Bertz CT molecular complexity index is 365. The minimum absolute atomic E-state index is 0.265. The monoisotopic (exact) mass is 283 g/mol. The summed E-state index contributed by atoms with van der Waals surface area (Å²) in [6.45, 7) is 2.84. The van der Waals surface area contributed by atoms with Crippen LogP contribution in [0.15, 0.2) is 24.3 Å². The summed E-state index contributed by atoms with van der Waals surface area (Å²) in [5.74, 6) is 0.861. The van der Waals surface area contributed by atoms with Gasteiger partial charge in [-0.3, -0.25) is 4.90 Å². The average Bonchev–Trinajstić information content (AvgIpc) is 2.36. The highest BCUT2D eigenvalue weighted by Crippen LogP contribution is 2.24. The third-order valence-corrected chi connectivity index (χ3v) is 3.91. The third-order valence-electron chi connectivity index (χ3n) is 3.66. The van der Waals surface area contributed by atoms with Crippen LogP contribution < -0.4 is 4.74 Å². The Hall–Kier alpha value is -0.770. The molecule has 0 radical (unpaired) electrons. The maximum atomic E-state index is 8.95. The van der Waals surface area contributed by atoms with Crippen LogP contribution in [0.25, 0.3) is 0 Å². The van der Waals surface area contributed by atoms with Gasteiger partial charge in [0.05, 0.1) is 0 Å². The van der Waals surface area contributed by atoms with Gasteiger partial charge in [-0.15, -0.1) is 0 Å². The minimum Gasteiger partial charge on any atom is -0.492 e. The fraction of sp³-hybridized carbons (Fsp3) is 0.600. The molecule has 1 saturated carbocycles. The van der Waals surface area contributed by atoms with E-state index in [2.05, 4.69) is 4.90 Å². The zero-order valence-electron chi connectivity index (χ0n) is 11.2. The predicted molar refractivity (Wildman–Crippen MR) is 77.9 cm³/mol. The Morgan fingerprint density at radius 1 is 1.21 bits per heavy atom. The number of halogens is 1. The largest absolute Gasteiger partial charge is 0.492 e. The Kier molecular flexibility index (Phi) is 5.95. The molecule has 1 aromatic rings. The Labute approximate surface area is 120 Å². The second kappa shape index (κ2) is 7.73. The van der Waals surface area contributed by atoms with Gasteiger partial charge in [-0.1, -0.05) is 18.0 Å². The number of aliphatic hydroxyl groups is 1. The van der Waals surface area contributed by atoms with Crippen molar-refractivity contribution < 1.29 is 9.84 Å². The smallest absolute Gasteiger partial charge is 0.119 e. The molecule has 4 heteroatoms. The van der Waals surface area contributed by atoms with Gasteiger partial charge < -0.3 is 9.84 Å². The summed E-state index contributed by atoms with van der Waals surface area (Å²) in [5, 5.41) is 9.67. The molecule has 0 saturated heterocycles. The van der Waals surface area contributed by atoms with Crippen molar-refractivity contribution in [1.82, 2.24) is 4.90 Å². The van der Waals surface area contributed by atoms with Crippen LogP contribution in [0, 0.1) is 0 Å². The van der Waals surface area contributed by atoms with Gasteiger partial charge in [0.25, 0.3) is 0 Å². The van der Waals surface area contributed by atoms with Crippen LogP contribution in [-0.2, 0) is 0 Å². The van der Waals surface area contributed by atoms with Gasteiger partial charge in [0.1, 0.15) is 12.4 Å². The molecule has 3 nitrogen and oxygen atoms in total. The lowest BCUT2D eigenvalue weighted by Gasteiger charge is -2.37. The molecule has 0 aliphatic heterocycles. The Morgan fingerprint density at radius 3 is 2.53 bits per heavy atom. The maximum Gasteiger partial charge on any atom is 0.119 e. The number of hydrogen-bond acceptors (Lipinski definition) is 3. The Balaban J connectivity index is 1.73. The van der Waals surface area contributed by atoms with Gasteiger partial charge in [-0.2, -0.15) is 0 Å². The van der Waals surface area contributed by atoms with Crippen LogP contribution in [0.5, 0.6) is 5.75 Å². The molecule has 0 aromatic heterocycles. The molecule has 19 heavy (non-hydrogen) atoms. The van der Waals surface area contributed by atoms with Crippen LogP contribution in [0.3, 0.4) is 0 Å². The van der Waals surface area contributed by atoms with E-state index in [0.29, 0.717) is 12.6 Å². The van der Waals surface area contributed by atoms with Gasteiger partial charge in [-0.25, -0.2) is 0 Å². The summed E-state index contributed by atoms with van der Waals surface area (Å²) in [5.41, 5.74) is 0. The van der Waals surface area contributed by atoms with E-state index in [1.165, 1.54) is 19.3 Å². The lowest BCUT2D eigenvalue weighted by Crippen LogP contribution is -2.43. The molecule has 2 rings (SSSR count). The molecule has 1 N–H and O–H groups in total. The third kappa shape index (κ3) is 4.68. The van der Waals surface area contributed by atoms with Crippen molar-refractivity contribution in [1.29, 1.82) is 0 Å². The predicted octanol–water partition coefficient (Wildman–Crippen LogP) is 2.96. The minimum atomic E-state index is 0.265. The molecule has 1 aliphatic carbocycles. The molecule has 0 bridgehead atoms. The average molecular weight is 284 g/mol. The van der Waals surface area contributed by atoms with E-state index in [4.69, 9.17) is 21.4 Å². The standard InChI is InChI=1S/C15H22ClNO2/c16-13-5-7-15(8-6-13)19-12-10-17(9-2-11-18)14-3-1-4-14/h5-8,14,18H,1-4,9-12H2. The lowest BCUT2D eigenvalue weighted by atomic mass is 9.91. The van der Waals surface area contributed by atoms with Crippen molar-refractivity contribution in [3.8, 4) is 5.75 Å². The first kappa shape index (κ1) is 14.6. The molecule has 0 unspecified atom stereocenters. The van der Waals surface area contributed by atoms with E-state index in [1.807, 2.05) is 24.3 Å². The molecule has 1 aliphatic rings. The van der Waals surface area contributed by atoms with Crippen LogP contribution >= 0.6 is 11.6 Å². The first-order valence-electron chi connectivity index (χ1n) is 7.03. The fourth-order valence-corrected chi connectivity index (χ4v) is 2.44. The Morgan fingerprint density at radius 2 is 1.95 bits per heavy atom. The maximum absolute atomic E-state index is 8.95. The first-order valence-corrected chi connectivity index (χ1v) is 7.40. The first-order chi connectivity index (χ1) is 9.29. The van der Waals surface area contributed by atoms with Crippen LogP contribution in [0.1, 0.15) is 25.7 Å². The summed E-state index contributed by atoms with van der Waals surface area (Å²) in [4.78, 5) is 2.44. The molecule has 0 heterocycles. The highest BCUT2D eigenvalue weighted by molar-refractivity contribution is 6.30. The quantitative estimate of drug-likeness (QED) is 0.796. The van der Waals surface area contributed by atoms with Crippen molar-refractivity contribution in [2.75, 3.05) is 26.3 Å². The zero-order valence-corrected chi connectivity index (χ0v) is 12.0. The van der Waals surface area contributed by atoms with Gasteiger partial charge in [0, 0.05) is 30.8 Å². The molecule has 0 amide bonds. The van der Waals surface area contributed by atoms with E-state index >= 15 is 0 Å². The topological polar surface area (TPSA) is 32.7 Å². The van der Waals surface area contributed by atoms with Gasteiger partial charge in [0.15, 0.2) is 0 Å². The van der Waals surface area contributed by atoms with E-state index < -0.39 is 0 Å². The van der Waals surface area contributed by atoms with Crippen LogP contribution in [0.2, 0.25) is 5.02 Å². The van der Waals surface area contributed by atoms with Gasteiger partial charge in [-0.05, 0) is 43.5 Å². The van der Waals surface area contributed by atoms with E-state index in [9.17, 15) is 0 Å². The number of hydrogen-bond donors (Lipinski definition) is 1. The summed E-state index contributed by atoms with van der Waals surface area (Å²) in [6, 6.07) is 8.16. The van der Waals surface area contributed by atoms with Crippen LogP contribution in [-0.4, -0.2) is 42.4 Å². The molecule has 106 valence electrons. The SMILES string of the molecule is OCCCN(CCOc1ccc(Cl)cc1)C1CCC1. The summed E-state index contributed by atoms with van der Waals surface area (Å²) >= 11 is 5.83. The van der Waals surface area contributed by atoms with Crippen molar-refractivity contribution in [3.05, 3.63) is 29.3 Å². The zero-order chi connectivity index (χ0) is 13.5. The number of ether oxygens (including phenoxy) is 1. The molecular formula is C15H22ClNO2. The number of rotatable bonds is 8. The molecule has 0 spiro atoms. The normalized spacial score (nSPS) is 15.5. The highest BCUT2D eigenvalue weighted by Gasteiger charge is 2.24. The van der Waals surface area contributed by atoms with Gasteiger partial charge in [0.2, 0.25) is 0 Å². The lowest BCUT2D eigenvalue weighted by molar-refractivity contribution is 0.0984. The number of nitrogens with zero attached hydrogens (tertiary/aromatic N) is 1. The van der Waals surface area contributed by atoms with Crippen molar-refractivity contribution in [2.24, 2.45) is 0 Å². The second-order valence-electron chi connectivity index (χ2n) is 5.00. The van der Waals surface area contributed by atoms with E-state index in [0.717, 1.165) is 30.3 Å². The molecule has 1 fully saturated rings. The summed E-state index contributed by atoms with van der Waals surface area (Å²) in [6.07, 6.45) is 4.74. The molecular weight excluding hydrogens is 262 g/mol. The number of benzene rings is 1. The van der Waals surface area contributed by atoms with E-state index in [-0.39, 0.29) is 6.61 Å². The van der Waals surface area contributed by atoms with Crippen LogP contribution in [0.4, 0.5) is 0 Å². The second-order valence-corrected chi connectivity index (χ2v) is 5.44. The van der Waals surface area contributed by atoms with Crippen molar-refractivity contribution in [2.45, 2.75) is 31.7 Å². The molecule has 1 aromatic carbocycles. The van der Waals surface area contributed by atoms with Crippen molar-refractivity contribution in [3.63, 3.8) is 0 Å². The summed E-state index contributed by atoms with van der Waals surface area (Å²) < 4.78 is 5.73. The number of aliphatic hydroxyl groups excluding tert-OH is 1. The van der Waals surface area contributed by atoms with Crippen molar-refractivity contribution >= 4 is 11.6 Å². The molecule has 0 atom stereocenters. The fourth-order valence-electron chi connectivity index (χ4n) is 2.31. The van der Waals surface area contributed by atoms with Gasteiger partial charge >= 0.3 is 0 Å². The van der Waals surface area contributed by atoms with E-state index in [1.54, 1.807) is 0 Å². The summed E-state index contributed by atoms with van der Waals surface area (Å²) in [7, 11) is 0.